The molecule has 0 unspecified atom stereocenters. The molecule has 1 aromatic rings. The van der Waals surface area contributed by atoms with Crippen LogP contribution in [-0.2, 0) is 57.1 Å². The van der Waals surface area contributed by atoms with Crippen molar-refractivity contribution in [2.24, 2.45) is 0 Å². The lowest BCUT2D eigenvalue weighted by Crippen LogP contribution is -2.34. The molecule has 4 N–H and O–H groups in total. The lowest BCUT2D eigenvalue weighted by Gasteiger charge is -2.11. The van der Waals surface area contributed by atoms with Gasteiger partial charge in [0, 0.05) is 19.5 Å². The summed E-state index contributed by atoms with van der Waals surface area (Å²) < 4.78 is 48.2. The summed E-state index contributed by atoms with van der Waals surface area (Å²) in [6.07, 6.45) is 0.540. The third kappa shape index (κ3) is 28.2. The number of ether oxygens (including phenoxy) is 9. The van der Waals surface area contributed by atoms with Gasteiger partial charge in [-0.3, -0.25) is 14.4 Å². The first kappa shape index (κ1) is 44.8. The average Bonchev–Trinajstić information content (AvgIpc) is 3.11. The van der Waals surface area contributed by atoms with Crippen LogP contribution >= 0.6 is 0 Å². The van der Waals surface area contributed by atoms with E-state index in [0.29, 0.717) is 104 Å². The molecule has 51 heavy (non-hydrogen) atoms. The van der Waals surface area contributed by atoms with Gasteiger partial charge in [0.05, 0.1) is 130 Å². The number of rotatable bonds is 34. The maximum absolute atomic E-state index is 12.4. The Balaban J connectivity index is 1.86. The highest BCUT2D eigenvalue weighted by Gasteiger charge is 2.15. The van der Waals surface area contributed by atoms with Gasteiger partial charge in [-0.1, -0.05) is 0 Å². The zero-order valence-corrected chi connectivity index (χ0v) is 28.7. The van der Waals surface area contributed by atoms with Crippen LogP contribution in [0.15, 0.2) is 36.1 Å². The minimum Gasteiger partial charge on any atom is -0.481 e. The van der Waals surface area contributed by atoms with Gasteiger partial charge in [0.2, 0.25) is 5.91 Å². The minimum atomic E-state index is -1.39. The number of aliphatic carboxylic acids is 2. The summed E-state index contributed by atoms with van der Waals surface area (Å²) in [7, 11) is 0. The second-order valence-corrected chi connectivity index (χ2v) is 9.98. The van der Waals surface area contributed by atoms with Crippen LogP contribution in [0.25, 0.3) is 0 Å². The Morgan fingerprint density at radius 2 is 1.02 bits per heavy atom. The smallest absolute Gasteiger partial charge is 0.332 e. The molecular formula is C33H49N3O15. The van der Waals surface area contributed by atoms with Crippen molar-refractivity contribution >= 4 is 23.8 Å². The van der Waals surface area contributed by atoms with Crippen LogP contribution in [0.4, 0.5) is 0 Å². The highest BCUT2D eigenvalue weighted by atomic mass is 16.6. The Morgan fingerprint density at radius 3 is 1.43 bits per heavy atom. The quantitative estimate of drug-likeness (QED) is 0.0419. The summed E-state index contributed by atoms with van der Waals surface area (Å²) in [5.74, 6) is -3.72. The lowest BCUT2D eigenvalue weighted by molar-refractivity contribution is -0.138. The first-order chi connectivity index (χ1) is 24.8. The van der Waals surface area contributed by atoms with Crippen molar-refractivity contribution in [2.75, 3.05) is 119 Å². The number of nitrogens with zero attached hydrogens (tertiary/aromatic N) is 1. The van der Waals surface area contributed by atoms with Gasteiger partial charge in [-0.05, 0) is 24.3 Å². The van der Waals surface area contributed by atoms with Crippen LogP contribution < -0.4 is 15.4 Å². The Hall–Kier alpha value is -4.19. The molecule has 1 aromatic carbocycles. The van der Waals surface area contributed by atoms with Crippen LogP contribution in [-0.4, -0.2) is 153 Å². The van der Waals surface area contributed by atoms with Crippen LogP contribution in [0.2, 0.25) is 0 Å². The van der Waals surface area contributed by atoms with Crippen molar-refractivity contribution < 1.29 is 72.0 Å². The molecule has 286 valence electrons. The highest BCUT2D eigenvalue weighted by molar-refractivity contribution is 5.97. The number of carboxylic acid groups (broad SMARTS) is 2. The maximum Gasteiger partial charge on any atom is 0.332 e. The first-order valence-electron chi connectivity index (χ1n) is 16.3. The van der Waals surface area contributed by atoms with Crippen LogP contribution in [0.5, 0.6) is 5.75 Å². The number of carbonyl (C=O) groups excluding carboxylic acids is 2. The highest BCUT2D eigenvalue weighted by Crippen LogP contribution is 2.15. The fourth-order valence-corrected chi connectivity index (χ4v) is 3.51. The fourth-order valence-electron chi connectivity index (χ4n) is 3.51. The molecule has 0 saturated heterocycles. The second kappa shape index (κ2) is 31.8. The maximum atomic E-state index is 12.4. The van der Waals surface area contributed by atoms with Crippen molar-refractivity contribution in [3.63, 3.8) is 0 Å². The fraction of sp³-hybridized carbons (Fsp3) is 0.606. The monoisotopic (exact) mass is 727 g/mol. The van der Waals surface area contributed by atoms with E-state index in [0.717, 1.165) is 0 Å². The summed E-state index contributed by atoms with van der Waals surface area (Å²) in [6, 6.07) is 7.71. The van der Waals surface area contributed by atoms with Crippen molar-refractivity contribution in [3.05, 3.63) is 41.7 Å². The van der Waals surface area contributed by atoms with E-state index in [1.54, 1.807) is 0 Å². The number of carboxylic acids is 2. The van der Waals surface area contributed by atoms with Crippen molar-refractivity contribution in [3.8, 4) is 11.8 Å². The van der Waals surface area contributed by atoms with E-state index >= 15 is 0 Å². The number of benzene rings is 1. The van der Waals surface area contributed by atoms with Gasteiger partial charge in [-0.25, -0.2) is 4.79 Å². The molecule has 0 aromatic heterocycles. The third-order valence-electron chi connectivity index (χ3n) is 5.96. The van der Waals surface area contributed by atoms with Crippen molar-refractivity contribution in [2.45, 2.75) is 12.8 Å². The molecule has 2 amide bonds. The van der Waals surface area contributed by atoms with E-state index in [9.17, 15) is 19.2 Å². The summed E-state index contributed by atoms with van der Waals surface area (Å²) in [6.45, 7) is 6.29. The van der Waals surface area contributed by atoms with Gasteiger partial charge in [0.15, 0.2) is 5.76 Å². The van der Waals surface area contributed by atoms with E-state index in [1.165, 1.54) is 24.3 Å². The molecule has 0 saturated carbocycles. The number of carbonyl (C=O) groups is 4. The Labute approximate surface area is 296 Å². The van der Waals surface area contributed by atoms with Crippen LogP contribution in [0.1, 0.15) is 18.4 Å². The minimum absolute atomic E-state index is 0.0220. The van der Waals surface area contributed by atoms with E-state index < -0.39 is 23.6 Å². The molecule has 18 nitrogen and oxygen atoms in total. The first-order valence-corrected chi connectivity index (χ1v) is 16.3. The van der Waals surface area contributed by atoms with E-state index in [2.05, 4.69) is 10.6 Å². The van der Waals surface area contributed by atoms with Gasteiger partial charge in [-0.2, -0.15) is 5.26 Å². The van der Waals surface area contributed by atoms with Crippen LogP contribution in [0, 0.1) is 11.3 Å². The van der Waals surface area contributed by atoms with Crippen molar-refractivity contribution in [1.82, 2.24) is 10.6 Å². The average molecular weight is 728 g/mol. The summed E-state index contributed by atoms with van der Waals surface area (Å²) in [4.78, 5) is 45.8. The largest absolute Gasteiger partial charge is 0.481 e. The normalized spacial score (nSPS) is 11.2. The molecule has 0 spiro atoms. The molecule has 18 heteroatoms. The Morgan fingerprint density at radius 1 is 0.588 bits per heavy atom. The molecule has 0 aliphatic rings. The molecule has 0 fully saturated rings. The van der Waals surface area contributed by atoms with Gasteiger partial charge >= 0.3 is 11.9 Å². The van der Waals surface area contributed by atoms with Gasteiger partial charge in [0.25, 0.3) is 5.91 Å². The molecule has 0 aliphatic heterocycles. The van der Waals surface area contributed by atoms with Crippen molar-refractivity contribution in [1.29, 1.82) is 5.26 Å². The van der Waals surface area contributed by atoms with E-state index in [1.807, 2.05) is 6.07 Å². The lowest BCUT2D eigenvalue weighted by atomic mass is 10.2. The van der Waals surface area contributed by atoms with Gasteiger partial charge in [-0.15, -0.1) is 0 Å². The molecule has 0 heterocycles. The molecule has 0 bridgehead atoms. The predicted molar refractivity (Wildman–Crippen MR) is 177 cm³/mol. The third-order valence-corrected chi connectivity index (χ3v) is 5.96. The zero-order chi connectivity index (χ0) is 37.2. The SMILES string of the molecule is N#Cc1ccc(O/C(=C/C(=O)O)C(=O)NCCC(=O)NCCOCCOCCOCCOCCOCCOCCOCCOCCC(=O)O)cc1. The summed E-state index contributed by atoms with van der Waals surface area (Å²) >= 11 is 0. The summed E-state index contributed by atoms with van der Waals surface area (Å²) in [5, 5.41) is 31.5. The standard InChI is InChI=1S/C33H49N3O15/c34-26-27-1-3-28(4-2-27)51-29(25-32(40)41)33(42)36-7-5-30(37)35-8-10-44-12-14-46-16-18-48-20-22-50-24-23-49-21-19-47-17-15-45-13-11-43-9-6-31(38)39/h1-4,25H,5-24H2,(H,35,37)(H,36,42)(H,38,39)(H,40,41)/b29-25+. The molecule has 0 radical (unpaired) electrons. The number of nitriles is 1. The van der Waals surface area contributed by atoms with Gasteiger partial charge in [0.1, 0.15) is 5.75 Å². The van der Waals surface area contributed by atoms with Gasteiger partial charge < -0.3 is 63.5 Å². The van der Waals surface area contributed by atoms with E-state index in [4.69, 9.17) is 58.1 Å². The molecular weight excluding hydrogens is 678 g/mol. The number of nitrogens with one attached hydrogen (secondary N) is 2. The number of amides is 2. The topological polar surface area (TPSA) is 240 Å². The Kier molecular flexibility index (Phi) is 27.9. The van der Waals surface area contributed by atoms with E-state index in [-0.39, 0.29) is 50.8 Å². The zero-order valence-electron chi connectivity index (χ0n) is 28.7. The molecule has 0 aliphatic carbocycles. The summed E-state index contributed by atoms with van der Waals surface area (Å²) in [5.41, 5.74) is 0.373. The molecule has 1 rings (SSSR count). The van der Waals surface area contributed by atoms with Crippen LogP contribution in [0.3, 0.4) is 0 Å². The number of hydrogen-bond acceptors (Lipinski definition) is 14. The number of hydrogen-bond donors (Lipinski definition) is 4. The molecule has 0 atom stereocenters. The predicted octanol–water partition coefficient (Wildman–Crippen LogP) is 0.136. The Bertz CT molecular complexity index is 1180. The second-order valence-electron chi connectivity index (χ2n) is 9.98.